The highest BCUT2D eigenvalue weighted by molar-refractivity contribution is 6.22. The van der Waals surface area contributed by atoms with E-state index in [1.54, 1.807) is 0 Å². The fraction of sp³-hybridized carbons (Fsp3) is 0.426. The van der Waals surface area contributed by atoms with E-state index in [9.17, 15) is 0 Å². The number of nitrogens with zero attached hydrogens (tertiary/aromatic N) is 3. The lowest BCUT2D eigenvalue weighted by Crippen LogP contribution is -2.49. The van der Waals surface area contributed by atoms with E-state index in [-0.39, 0.29) is 10.8 Å². The van der Waals surface area contributed by atoms with E-state index in [0.717, 1.165) is 80.5 Å². The van der Waals surface area contributed by atoms with Gasteiger partial charge >= 0.3 is 0 Å². The van der Waals surface area contributed by atoms with E-state index in [1.807, 2.05) is 0 Å². The first-order chi connectivity index (χ1) is 25.1. The van der Waals surface area contributed by atoms with Crippen LogP contribution in [0, 0.1) is 40.9 Å². The van der Waals surface area contributed by atoms with E-state index in [1.165, 1.54) is 92.2 Å². The van der Waals surface area contributed by atoms with E-state index in [2.05, 4.69) is 91.0 Å². The predicted molar refractivity (Wildman–Crippen MR) is 203 cm³/mol. The molecule has 9 saturated carbocycles. The standard InChI is InChI=1S/C47H43N3O/c1-2-11-35-32(8-1)33-9-3-5-14-39(33)51-40-15-6-4-10-34(40)36-12-7-13-37(41(35)36)42-48-43(45-20-27-16-28(21-45)18-29(17-27)22-45)50-44(49-42)46-24-31-19-30-23-47(31,26-46)38(30)25-46/h1-15,27-31,38H,16-26H2/t27-,28-,29?,30?,31+,38?,45?,46?,47?/m1/s1. The number of rotatable bonds is 3. The molecule has 252 valence electrons. The van der Waals surface area contributed by atoms with Gasteiger partial charge in [-0.25, -0.2) is 15.0 Å². The topological polar surface area (TPSA) is 51.8 Å². The summed E-state index contributed by atoms with van der Waals surface area (Å²) in [7, 11) is 0. The second-order valence-electron chi connectivity index (χ2n) is 18.5. The normalized spacial score (nSPS) is 36.4. The van der Waals surface area contributed by atoms with Crippen LogP contribution in [0.5, 0.6) is 0 Å². The zero-order chi connectivity index (χ0) is 33.1. The maximum Gasteiger partial charge on any atom is 0.164 e. The van der Waals surface area contributed by atoms with Gasteiger partial charge in [-0.1, -0.05) is 78.9 Å². The fourth-order valence-electron chi connectivity index (χ4n) is 14.6. The van der Waals surface area contributed by atoms with Crippen molar-refractivity contribution in [2.45, 2.75) is 81.5 Å². The van der Waals surface area contributed by atoms with Gasteiger partial charge < -0.3 is 4.42 Å². The van der Waals surface area contributed by atoms with Crippen LogP contribution < -0.4 is 0 Å². The Hall–Kier alpha value is -4.31. The second kappa shape index (κ2) is 9.56. The largest absolute Gasteiger partial charge is 0.456 e. The highest BCUT2D eigenvalue weighted by atomic mass is 16.3. The Balaban J connectivity index is 1.14. The van der Waals surface area contributed by atoms with E-state index in [0.29, 0.717) is 5.41 Å². The molecular weight excluding hydrogens is 623 g/mol. The summed E-state index contributed by atoms with van der Waals surface area (Å²) in [4.78, 5) is 17.2. The van der Waals surface area contributed by atoms with Crippen molar-refractivity contribution in [2.75, 3.05) is 0 Å². The highest BCUT2D eigenvalue weighted by Crippen LogP contribution is 2.83. The lowest BCUT2D eigenvalue weighted by Gasteiger charge is -2.56. The summed E-state index contributed by atoms with van der Waals surface area (Å²) < 4.78 is 6.80. The van der Waals surface area contributed by atoms with Gasteiger partial charge in [0.05, 0.1) is 0 Å². The smallest absolute Gasteiger partial charge is 0.164 e. The second-order valence-corrected chi connectivity index (χ2v) is 18.5. The van der Waals surface area contributed by atoms with Crippen LogP contribution in [0.4, 0.5) is 0 Å². The molecule has 5 atom stereocenters. The van der Waals surface area contributed by atoms with Gasteiger partial charge in [0.15, 0.2) is 5.82 Å². The molecule has 0 N–H and O–H groups in total. The number of benzene rings is 4. The maximum absolute atomic E-state index is 6.80. The van der Waals surface area contributed by atoms with Crippen molar-refractivity contribution >= 4 is 43.5 Å². The van der Waals surface area contributed by atoms with Crippen molar-refractivity contribution in [3.8, 4) is 11.4 Å². The van der Waals surface area contributed by atoms with Crippen LogP contribution in [-0.2, 0) is 10.8 Å². The maximum atomic E-state index is 6.80. The number of hydrogen-bond donors (Lipinski definition) is 0. The third kappa shape index (κ3) is 3.64. The van der Waals surface area contributed by atoms with Gasteiger partial charge in [-0.05, 0) is 140 Å². The van der Waals surface area contributed by atoms with Crippen LogP contribution in [0.3, 0.4) is 0 Å². The summed E-state index contributed by atoms with van der Waals surface area (Å²) >= 11 is 0. The van der Waals surface area contributed by atoms with Crippen molar-refractivity contribution in [1.82, 2.24) is 15.0 Å². The van der Waals surface area contributed by atoms with Gasteiger partial charge in [-0.2, -0.15) is 0 Å². The molecule has 4 aromatic carbocycles. The molecule has 2 heterocycles. The Morgan fingerprint density at radius 2 is 1.10 bits per heavy atom. The molecule has 0 aliphatic heterocycles. The zero-order valence-corrected chi connectivity index (χ0v) is 29.2. The quantitative estimate of drug-likeness (QED) is 0.189. The molecule has 15 rings (SSSR count). The van der Waals surface area contributed by atoms with Gasteiger partial charge in [-0.3, -0.25) is 0 Å². The monoisotopic (exact) mass is 665 g/mol. The third-order valence-corrected chi connectivity index (χ3v) is 16.0. The first-order valence-corrected chi connectivity index (χ1v) is 19.9. The summed E-state index contributed by atoms with van der Waals surface area (Å²) in [6.45, 7) is 0. The van der Waals surface area contributed by atoms with Crippen LogP contribution in [0.1, 0.15) is 82.3 Å². The third-order valence-electron chi connectivity index (χ3n) is 16.0. The lowest BCUT2D eigenvalue weighted by atomic mass is 9.49. The summed E-state index contributed by atoms with van der Waals surface area (Å²) in [5.74, 6) is 8.46. The number of aromatic nitrogens is 3. The number of fused-ring (bicyclic) bond motifs is 8. The molecule has 4 unspecified atom stereocenters. The molecule has 6 aromatic rings. The Bertz CT molecular complexity index is 2500. The fourth-order valence-corrected chi connectivity index (χ4v) is 14.6. The summed E-state index contributed by atoms with van der Waals surface area (Å²) in [6.07, 6.45) is 14.9. The van der Waals surface area contributed by atoms with Crippen LogP contribution in [0.15, 0.2) is 95.4 Å². The van der Waals surface area contributed by atoms with Crippen LogP contribution in [0.25, 0.3) is 54.9 Å². The molecule has 9 aliphatic carbocycles. The Labute approximate surface area is 298 Å². The molecule has 51 heavy (non-hydrogen) atoms. The number of hydrogen-bond acceptors (Lipinski definition) is 4. The molecule has 7 bridgehead atoms. The van der Waals surface area contributed by atoms with Crippen molar-refractivity contribution < 1.29 is 4.42 Å². The minimum absolute atomic E-state index is 0.103. The van der Waals surface area contributed by atoms with E-state index < -0.39 is 0 Å². The molecular formula is C47H43N3O. The molecule has 2 aromatic heterocycles. The SMILES string of the molecule is c1ccc2c(c1)oc1ccccc1c1cccc(-c3nc(C45CC6C7C[C@@H](C4)C6(C7)C5)nc(C45CC6C[C@H](C4)C[C@H](C6)C5)n3)c1c1ccccc21. The molecule has 9 fully saturated rings. The summed E-state index contributed by atoms with van der Waals surface area (Å²) in [5, 5.41) is 6.94. The number of para-hydroxylation sites is 2. The van der Waals surface area contributed by atoms with E-state index in [4.69, 9.17) is 19.4 Å². The molecule has 4 heteroatoms. The first kappa shape index (κ1) is 28.3. The van der Waals surface area contributed by atoms with Gasteiger partial charge in [0.25, 0.3) is 0 Å². The molecule has 0 radical (unpaired) electrons. The van der Waals surface area contributed by atoms with Crippen LogP contribution in [-0.4, -0.2) is 15.0 Å². The molecule has 1 spiro atoms. The summed E-state index contributed by atoms with van der Waals surface area (Å²) in [5.41, 5.74) is 3.69. The molecule has 0 saturated heterocycles. The van der Waals surface area contributed by atoms with Crippen LogP contribution >= 0.6 is 0 Å². The van der Waals surface area contributed by atoms with Gasteiger partial charge in [0.1, 0.15) is 22.8 Å². The minimum Gasteiger partial charge on any atom is -0.456 e. The van der Waals surface area contributed by atoms with E-state index >= 15 is 0 Å². The zero-order valence-electron chi connectivity index (χ0n) is 29.2. The van der Waals surface area contributed by atoms with Crippen molar-refractivity contribution in [1.29, 1.82) is 0 Å². The molecule has 0 amide bonds. The van der Waals surface area contributed by atoms with Gasteiger partial charge in [0, 0.05) is 32.6 Å². The molecule has 9 aliphatic rings. The predicted octanol–water partition coefficient (Wildman–Crippen LogP) is 11.4. The summed E-state index contributed by atoms with van der Waals surface area (Å²) in [6, 6.07) is 32.7. The Morgan fingerprint density at radius 1 is 0.510 bits per heavy atom. The Kier molecular flexibility index (Phi) is 5.31. The Morgan fingerprint density at radius 3 is 1.78 bits per heavy atom. The van der Waals surface area contributed by atoms with Gasteiger partial charge in [-0.15, -0.1) is 0 Å². The van der Waals surface area contributed by atoms with Crippen LogP contribution in [0.2, 0.25) is 0 Å². The first-order valence-electron chi connectivity index (χ1n) is 19.9. The van der Waals surface area contributed by atoms with Crippen molar-refractivity contribution in [2.24, 2.45) is 40.9 Å². The average molecular weight is 666 g/mol. The minimum atomic E-state index is 0.103. The molecule has 4 nitrogen and oxygen atoms in total. The van der Waals surface area contributed by atoms with Gasteiger partial charge in [0.2, 0.25) is 0 Å². The lowest BCUT2D eigenvalue weighted by molar-refractivity contribution is -0.00971. The van der Waals surface area contributed by atoms with Crippen molar-refractivity contribution in [3.63, 3.8) is 0 Å². The highest BCUT2D eigenvalue weighted by Gasteiger charge is 2.77. The van der Waals surface area contributed by atoms with Crippen molar-refractivity contribution in [3.05, 3.63) is 103 Å². The average Bonchev–Trinajstić information content (AvgIpc) is 3.81.